The Hall–Kier alpha value is -0.430. The van der Waals surface area contributed by atoms with E-state index in [1.807, 2.05) is 0 Å². The van der Waals surface area contributed by atoms with Crippen LogP contribution in [0.4, 0.5) is 0 Å². The van der Waals surface area contributed by atoms with Crippen molar-refractivity contribution in [2.75, 3.05) is 25.1 Å². The van der Waals surface area contributed by atoms with Gasteiger partial charge in [-0.2, -0.15) is 0 Å². The third-order valence-electron chi connectivity index (χ3n) is 2.03. The van der Waals surface area contributed by atoms with Crippen molar-refractivity contribution in [3.05, 3.63) is 30.3 Å². The van der Waals surface area contributed by atoms with Crippen LogP contribution in [0.3, 0.4) is 0 Å². The van der Waals surface area contributed by atoms with Gasteiger partial charge in [0.05, 0.1) is 11.5 Å². The monoisotopic (exact) mass is 321 g/mol. The number of halogens is 1. The van der Waals surface area contributed by atoms with Gasteiger partial charge in [-0.25, -0.2) is 13.1 Å². The lowest BCUT2D eigenvalue weighted by molar-refractivity contribution is 0.149. The van der Waals surface area contributed by atoms with Gasteiger partial charge in [0.1, 0.15) is 0 Å². The Morgan fingerprint density at radius 3 is 2.53 bits per heavy atom. The zero-order valence-electron chi connectivity index (χ0n) is 9.43. The SMILES string of the molecule is O=S(=O)(NCCCOCCBr)c1ccccc1. The first kappa shape index (κ1) is 14.6. The molecule has 0 aromatic heterocycles. The summed E-state index contributed by atoms with van der Waals surface area (Å²) in [4.78, 5) is 0.293. The van der Waals surface area contributed by atoms with Gasteiger partial charge in [0.25, 0.3) is 0 Å². The highest BCUT2D eigenvalue weighted by atomic mass is 79.9. The molecule has 0 radical (unpaired) electrons. The van der Waals surface area contributed by atoms with Gasteiger partial charge in [0.2, 0.25) is 10.0 Å². The number of hydrogen-bond donors (Lipinski definition) is 1. The van der Waals surface area contributed by atoms with Crippen LogP contribution in [0, 0.1) is 0 Å². The first-order chi connectivity index (χ1) is 8.17. The van der Waals surface area contributed by atoms with E-state index in [9.17, 15) is 8.42 Å². The molecule has 1 rings (SSSR count). The van der Waals surface area contributed by atoms with Gasteiger partial charge >= 0.3 is 0 Å². The lowest BCUT2D eigenvalue weighted by Gasteiger charge is -2.06. The van der Waals surface area contributed by atoms with Crippen molar-refractivity contribution in [2.24, 2.45) is 0 Å². The van der Waals surface area contributed by atoms with Crippen LogP contribution < -0.4 is 4.72 Å². The molecule has 0 fully saturated rings. The highest BCUT2D eigenvalue weighted by Gasteiger charge is 2.11. The highest BCUT2D eigenvalue weighted by Crippen LogP contribution is 2.06. The van der Waals surface area contributed by atoms with Crippen molar-refractivity contribution >= 4 is 26.0 Å². The summed E-state index contributed by atoms with van der Waals surface area (Å²) in [5, 5.41) is 0.794. The molecule has 1 aromatic rings. The van der Waals surface area contributed by atoms with Crippen LogP contribution in [0.25, 0.3) is 0 Å². The first-order valence-corrected chi connectivity index (χ1v) is 7.96. The number of nitrogens with one attached hydrogen (secondary N) is 1. The van der Waals surface area contributed by atoms with Gasteiger partial charge in [-0.1, -0.05) is 34.1 Å². The van der Waals surface area contributed by atoms with E-state index in [1.54, 1.807) is 30.3 Å². The molecule has 0 aliphatic heterocycles. The van der Waals surface area contributed by atoms with E-state index >= 15 is 0 Å². The lowest BCUT2D eigenvalue weighted by Crippen LogP contribution is -2.25. The second-order valence-electron chi connectivity index (χ2n) is 3.37. The molecule has 0 amide bonds. The average molecular weight is 322 g/mol. The molecule has 17 heavy (non-hydrogen) atoms. The maximum absolute atomic E-state index is 11.8. The van der Waals surface area contributed by atoms with Crippen molar-refractivity contribution < 1.29 is 13.2 Å². The lowest BCUT2D eigenvalue weighted by atomic mass is 10.4. The molecule has 6 heteroatoms. The third-order valence-corrected chi connectivity index (χ3v) is 3.83. The van der Waals surface area contributed by atoms with Crippen molar-refractivity contribution in [3.8, 4) is 0 Å². The molecule has 0 bridgehead atoms. The second kappa shape index (κ2) is 7.81. The Bertz CT molecular complexity index is 408. The van der Waals surface area contributed by atoms with Crippen LogP contribution in [-0.4, -0.2) is 33.5 Å². The van der Waals surface area contributed by atoms with Crippen LogP contribution in [0.5, 0.6) is 0 Å². The predicted octanol–water partition coefficient (Wildman–Crippen LogP) is 1.77. The van der Waals surface area contributed by atoms with E-state index < -0.39 is 10.0 Å². The van der Waals surface area contributed by atoms with Gasteiger partial charge in [-0.3, -0.25) is 0 Å². The fraction of sp³-hybridized carbons (Fsp3) is 0.455. The normalized spacial score (nSPS) is 11.6. The van der Waals surface area contributed by atoms with Crippen molar-refractivity contribution in [1.82, 2.24) is 4.72 Å². The molecular weight excluding hydrogens is 306 g/mol. The Morgan fingerprint density at radius 1 is 1.18 bits per heavy atom. The molecule has 1 aromatic carbocycles. The molecule has 4 nitrogen and oxygen atoms in total. The molecule has 0 aliphatic carbocycles. The molecule has 1 N–H and O–H groups in total. The molecule has 0 atom stereocenters. The predicted molar refractivity (Wildman–Crippen MR) is 70.9 cm³/mol. The average Bonchev–Trinajstić information content (AvgIpc) is 2.35. The fourth-order valence-corrected chi connectivity index (χ4v) is 2.54. The molecule has 0 saturated heterocycles. The van der Waals surface area contributed by atoms with Crippen molar-refractivity contribution in [3.63, 3.8) is 0 Å². The van der Waals surface area contributed by atoms with E-state index in [4.69, 9.17) is 4.74 Å². The summed E-state index contributed by atoms with van der Waals surface area (Å²) in [6.45, 7) is 1.59. The van der Waals surface area contributed by atoms with Gasteiger partial charge in [0.15, 0.2) is 0 Å². The van der Waals surface area contributed by atoms with Crippen LogP contribution >= 0.6 is 15.9 Å². The van der Waals surface area contributed by atoms with E-state index in [1.165, 1.54) is 0 Å². The van der Waals surface area contributed by atoms with Crippen LogP contribution in [0.15, 0.2) is 35.2 Å². The van der Waals surface area contributed by atoms with Gasteiger partial charge in [-0.15, -0.1) is 0 Å². The van der Waals surface area contributed by atoms with Crippen LogP contribution in [0.2, 0.25) is 0 Å². The maximum Gasteiger partial charge on any atom is 0.240 e. The minimum Gasteiger partial charge on any atom is -0.381 e. The Kier molecular flexibility index (Phi) is 6.72. The highest BCUT2D eigenvalue weighted by molar-refractivity contribution is 9.09. The summed E-state index contributed by atoms with van der Waals surface area (Å²) >= 11 is 3.24. The van der Waals surface area contributed by atoms with Gasteiger partial charge in [-0.05, 0) is 18.6 Å². The largest absolute Gasteiger partial charge is 0.381 e. The summed E-state index contributed by atoms with van der Waals surface area (Å²) in [5.74, 6) is 0. The first-order valence-electron chi connectivity index (χ1n) is 5.35. The van der Waals surface area contributed by atoms with E-state index in [-0.39, 0.29) is 0 Å². The minimum absolute atomic E-state index is 0.293. The smallest absolute Gasteiger partial charge is 0.240 e. The van der Waals surface area contributed by atoms with Crippen LogP contribution in [-0.2, 0) is 14.8 Å². The number of hydrogen-bond acceptors (Lipinski definition) is 3. The molecule has 0 spiro atoms. The van der Waals surface area contributed by atoms with Gasteiger partial charge < -0.3 is 4.74 Å². The van der Waals surface area contributed by atoms with E-state index in [0.717, 1.165) is 5.33 Å². The molecule has 0 aliphatic rings. The van der Waals surface area contributed by atoms with Crippen LogP contribution in [0.1, 0.15) is 6.42 Å². The molecule has 0 unspecified atom stereocenters. The number of ether oxygens (including phenoxy) is 1. The topological polar surface area (TPSA) is 55.4 Å². The number of benzene rings is 1. The summed E-state index contributed by atoms with van der Waals surface area (Å²) in [6.07, 6.45) is 0.666. The third kappa shape index (κ3) is 5.63. The Labute approximate surface area is 111 Å². The number of sulfonamides is 1. The molecule has 0 saturated carbocycles. The zero-order chi connectivity index (χ0) is 12.6. The second-order valence-corrected chi connectivity index (χ2v) is 5.93. The molecular formula is C11H16BrNO3S. The van der Waals surface area contributed by atoms with Crippen molar-refractivity contribution in [1.29, 1.82) is 0 Å². The number of rotatable bonds is 8. The fourth-order valence-electron chi connectivity index (χ4n) is 1.22. The van der Waals surface area contributed by atoms with Crippen molar-refractivity contribution in [2.45, 2.75) is 11.3 Å². The zero-order valence-corrected chi connectivity index (χ0v) is 11.8. The van der Waals surface area contributed by atoms with E-state index in [2.05, 4.69) is 20.7 Å². The summed E-state index contributed by atoms with van der Waals surface area (Å²) in [6, 6.07) is 8.34. The molecule has 96 valence electrons. The summed E-state index contributed by atoms with van der Waals surface area (Å²) in [5.41, 5.74) is 0. The van der Waals surface area contributed by atoms with E-state index in [0.29, 0.717) is 31.1 Å². The maximum atomic E-state index is 11.8. The Morgan fingerprint density at radius 2 is 1.88 bits per heavy atom. The summed E-state index contributed by atoms with van der Waals surface area (Å²) in [7, 11) is -3.37. The Balaban J connectivity index is 2.31. The van der Waals surface area contributed by atoms with Gasteiger partial charge in [0, 0.05) is 18.5 Å². The standard InChI is InChI=1S/C11H16BrNO3S/c12-7-10-16-9-4-8-13-17(14,15)11-5-2-1-3-6-11/h1-3,5-6,13H,4,7-10H2. The quantitative estimate of drug-likeness (QED) is 0.586. The number of alkyl halides is 1. The minimum atomic E-state index is -3.37. The summed E-state index contributed by atoms with van der Waals surface area (Å²) < 4.78 is 31.3. The molecule has 0 heterocycles.